The highest BCUT2D eigenvalue weighted by atomic mass is 127. The molecule has 8 heteroatoms. The number of nitrogens with one attached hydrogen (secondary N) is 1. The van der Waals surface area contributed by atoms with Gasteiger partial charge in [-0.15, -0.1) is 0 Å². The van der Waals surface area contributed by atoms with Gasteiger partial charge in [-0.3, -0.25) is 4.79 Å². The molecule has 0 spiro atoms. The third-order valence-corrected chi connectivity index (χ3v) is 3.96. The third-order valence-electron chi connectivity index (χ3n) is 2.48. The van der Waals surface area contributed by atoms with Crippen LogP contribution in [0.15, 0.2) is 22.1 Å². The van der Waals surface area contributed by atoms with Crippen molar-refractivity contribution < 1.29 is 8.78 Å². The second-order valence-corrected chi connectivity index (χ2v) is 5.59. The number of hydrogen-bond acceptors (Lipinski definition) is 4. The van der Waals surface area contributed by atoms with E-state index in [4.69, 9.17) is 5.26 Å². The lowest BCUT2D eigenvalue weighted by atomic mass is 10.1. The molecule has 0 aliphatic heterocycles. The van der Waals surface area contributed by atoms with E-state index >= 15 is 0 Å². The topological polar surface area (TPSA) is 69.5 Å². The highest BCUT2D eigenvalue weighted by molar-refractivity contribution is 14.1. The van der Waals surface area contributed by atoms with Gasteiger partial charge >= 0.3 is 0 Å². The van der Waals surface area contributed by atoms with Crippen molar-refractivity contribution >= 4 is 34.4 Å². The van der Waals surface area contributed by atoms with Gasteiger partial charge in [0.05, 0.1) is 5.56 Å². The number of aromatic amines is 1. The van der Waals surface area contributed by atoms with Crippen molar-refractivity contribution in [3.05, 3.63) is 43.3 Å². The van der Waals surface area contributed by atoms with E-state index in [0.717, 1.165) is 17.8 Å². The maximum atomic E-state index is 14.0. The predicted molar refractivity (Wildman–Crippen MR) is 79.4 cm³/mol. The fraction of sp³-hybridized carbons (Fsp3) is 0.0833. The summed E-state index contributed by atoms with van der Waals surface area (Å²) >= 11 is 2.93. The second-order valence-electron chi connectivity index (χ2n) is 3.63. The summed E-state index contributed by atoms with van der Waals surface area (Å²) in [5, 5.41) is 9.27. The molecule has 0 fully saturated rings. The molecular formula is C12H6F2IN3OS. The van der Waals surface area contributed by atoms with Crippen LogP contribution in [0.2, 0.25) is 0 Å². The van der Waals surface area contributed by atoms with Gasteiger partial charge in [0.1, 0.15) is 17.3 Å². The van der Waals surface area contributed by atoms with E-state index in [-0.39, 0.29) is 22.0 Å². The number of nitrogens with zero attached hydrogens (tertiary/aromatic N) is 2. The van der Waals surface area contributed by atoms with Gasteiger partial charge in [-0.25, -0.2) is 13.8 Å². The van der Waals surface area contributed by atoms with Gasteiger partial charge in [0.15, 0.2) is 16.8 Å². The van der Waals surface area contributed by atoms with Gasteiger partial charge in [-0.2, -0.15) is 5.26 Å². The minimum atomic E-state index is -1.13. The molecule has 1 heterocycles. The molecule has 0 aliphatic rings. The SMILES string of the molecule is CSc1nc(-c2c(I)ccc(F)c2F)c(C#N)c(=O)[nH]1. The van der Waals surface area contributed by atoms with Gasteiger partial charge in [-0.05, 0) is 41.0 Å². The highest BCUT2D eigenvalue weighted by Crippen LogP contribution is 2.30. The summed E-state index contributed by atoms with van der Waals surface area (Å²) in [4.78, 5) is 18.2. The molecule has 0 unspecified atom stereocenters. The van der Waals surface area contributed by atoms with Gasteiger partial charge in [0, 0.05) is 3.57 Å². The molecule has 20 heavy (non-hydrogen) atoms. The molecule has 0 bridgehead atoms. The monoisotopic (exact) mass is 405 g/mol. The lowest BCUT2D eigenvalue weighted by Gasteiger charge is -2.08. The summed E-state index contributed by atoms with van der Waals surface area (Å²) in [5.41, 5.74) is -1.35. The Balaban J connectivity index is 2.89. The van der Waals surface area contributed by atoms with Gasteiger partial charge < -0.3 is 4.98 Å². The Morgan fingerprint density at radius 3 is 2.75 bits per heavy atom. The fourth-order valence-corrected chi connectivity index (χ4v) is 2.63. The molecule has 0 amide bonds. The highest BCUT2D eigenvalue weighted by Gasteiger charge is 2.21. The molecular weight excluding hydrogens is 399 g/mol. The maximum Gasteiger partial charge on any atom is 0.270 e. The molecule has 2 rings (SSSR count). The Kier molecular flexibility index (Phi) is 4.39. The standard InChI is InChI=1S/C12H6F2IN3OS/c1-20-12-17-10(5(4-16)11(19)18-12)8-7(15)3-2-6(13)9(8)14/h2-3H,1H3,(H,17,18,19). The molecule has 2 aromatic rings. The second kappa shape index (κ2) is 5.88. The first-order chi connectivity index (χ1) is 9.49. The number of rotatable bonds is 2. The predicted octanol–water partition coefficient (Wildman–Crippen LogP) is 2.91. The van der Waals surface area contributed by atoms with Gasteiger partial charge in [0.25, 0.3) is 5.56 Å². The number of thioether (sulfide) groups is 1. The van der Waals surface area contributed by atoms with Crippen molar-refractivity contribution in [3.63, 3.8) is 0 Å². The number of H-pyrrole nitrogens is 1. The van der Waals surface area contributed by atoms with Crippen molar-refractivity contribution in [3.8, 4) is 17.3 Å². The van der Waals surface area contributed by atoms with Crippen LogP contribution in [0.3, 0.4) is 0 Å². The average molecular weight is 405 g/mol. The number of aromatic nitrogens is 2. The summed E-state index contributed by atoms with van der Waals surface area (Å²) in [6.07, 6.45) is 1.67. The van der Waals surface area contributed by atoms with Crippen LogP contribution in [-0.4, -0.2) is 16.2 Å². The Morgan fingerprint density at radius 1 is 1.45 bits per heavy atom. The largest absolute Gasteiger partial charge is 0.300 e. The molecule has 0 saturated heterocycles. The first-order valence-corrected chi connectivity index (χ1v) is 7.52. The molecule has 0 radical (unpaired) electrons. The molecule has 0 atom stereocenters. The molecule has 1 N–H and O–H groups in total. The van der Waals surface area contributed by atoms with Crippen LogP contribution in [0.25, 0.3) is 11.3 Å². The summed E-state index contributed by atoms with van der Waals surface area (Å²) in [5.74, 6) is -2.18. The van der Waals surface area contributed by atoms with Crippen molar-refractivity contribution in [2.45, 2.75) is 5.16 Å². The van der Waals surface area contributed by atoms with Crippen LogP contribution in [0.1, 0.15) is 5.56 Å². The Morgan fingerprint density at radius 2 is 2.15 bits per heavy atom. The minimum Gasteiger partial charge on any atom is -0.300 e. The third kappa shape index (κ3) is 2.55. The number of halogens is 3. The van der Waals surface area contributed by atoms with E-state index in [1.165, 1.54) is 6.07 Å². The molecule has 1 aromatic carbocycles. The van der Waals surface area contributed by atoms with Gasteiger partial charge in [-0.1, -0.05) is 11.8 Å². The zero-order valence-corrected chi connectivity index (χ0v) is 13.0. The summed E-state index contributed by atoms with van der Waals surface area (Å²) in [6, 6.07) is 4.02. The van der Waals surface area contributed by atoms with Crippen molar-refractivity contribution in [2.75, 3.05) is 6.26 Å². The van der Waals surface area contributed by atoms with Crippen LogP contribution in [-0.2, 0) is 0 Å². The first kappa shape index (κ1) is 14.9. The smallest absolute Gasteiger partial charge is 0.270 e. The summed E-state index contributed by atoms with van der Waals surface area (Å²) in [6.45, 7) is 0. The number of benzene rings is 1. The lowest BCUT2D eigenvalue weighted by Crippen LogP contribution is -2.15. The minimum absolute atomic E-state index is 0.151. The number of hydrogen-bond donors (Lipinski definition) is 1. The molecule has 1 aromatic heterocycles. The fourth-order valence-electron chi connectivity index (χ4n) is 1.58. The first-order valence-electron chi connectivity index (χ1n) is 5.21. The van der Waals surface area contributed by atoms with E-state index in [0.29, 0.717) is 3.57 Å². The molecule has 0 saturated carbocycles. The zero-order valence-electron chi connectivity index (χ0n) is 10.00. The van der Waals surface area contributed by atoms with Crippen molar-refractivity contribution in [2.24, 2.45) is 0 Å². The van der Waals surface area contributed by atoms with E-state index in [2.05, 4.69) is 9.97 Å². The maximum absolute atomic E-state index is 14.0. The summed E-state index contributed by atoms with van der Waals surface area (Å²) in [7, 11) is 0. The van der Waals surface area contributed by atoms with Gasteiger partial charge in [0.2, 0.25) is 0 Å². The Bertz CT molecular complexity index is 785. The lowest BCUT2D eigenvalue weighted by molar-refractivity contribution is 0.510. The van der Waals surface area contributed by atoms with Crippen LogP contribution in [0.4, 0.5) is 8.78 Å². The van der Waals surface area contributed by atoms with Crippen LogP contribution < -0.4 is 5.56 Å². The summed E-state index contributed by atoms with van der Waals surface area (Å²) < 4.78 is 27.7. The van der Waals surface area contributed by atoms with Crippen molar-refractivity contribution in [1.29, 1.82) is 5.26 Å². The normalized spacial score (nSPS) is 10.3. The molecule has 102 valence electrons. The van der Waals surface area contributed by atoms with Crippen LogP contribution in [0.5, 0.6) is 0 Å². The van der Waals surface area contributed by atoms with Crippen LogP contribution >= 0.6 is 34.4 Å². The molecule has 4 nitrogen and oxygen atoms in total. The Hall–Kier alpha value is -1.47. The van der Waals surface area contributed by atoms with E-state index in [1.54, 1.807) is 34.9 Å². The Labute approximate surface area is 130 Å². The van der Waals surface area contributed by atoms with E-state index in [9.17, 15) is 13.6 Å². The van der Waals surface area contributed by atoms with Crippen LogP contribution in [0, 0.1) is 26.5 Å². The van der Waals surface area contributed by atoms with E-state index in [1.807, 2.05) is 0 Å². The number of nitriles is 1. The zero-order chi connectivity index (χ0) is 14.9. The van der Waals surface area contributed by atoms with E-state index < -0.39 is 17.2 Å². The van der Waals surface area contributed by atoms with Crippen molar-refractivity contribution in [1.82, 2.24) is 9.97 Å². The molecule has 0 aliphatic carbocycles. The average Bonchev–Trinajstić information content (AvgIpc) is 2.43. The quantitative estimate of drug-likeness (QED) is 0.361.